The van der Waals surface area contributed by atoms with Crippen molar-refractivity contribution >= 4 is 41.4 Å². The molecule has 36 heavy (non-hydrogen) atoms. The fraction of sp³-hybridized carbons (Fsp3) is 0.120. The Morgan fingerprint density at radius 1 is 1.11 bits per heavy atom. The van der Waals surface area contributed by atoms with Gasteiger partial charge in [-0.15, -0.1) is 0 Å². The lowest BCUT2D eigenvalue weighted by molar-refractivity contribution is -0.123. The third-order valence-corrected chi connectivity index (χ3v) is 5.83. The smallest absolute Gasteiger partial charge is 0.408 e. The van der Waals surface area contributed by atoms with E-state index in [2.05, 4.69) is 25.8 Å². The minimum absolute atomic E-state index is 0.0701. The number of benzene rings is 2. The summed E-state index contributed by atoms with van der Waals surface area (Å²) >= 11 is 12.3. The molecule has 4 rings (SSSR count). The first-order valence-corrected chi connectivity index (χ1v) is 11.6. The summed E-state index contributed by atoms with van der Waals surface area (Å²) in [5.74, 6) is 0.319. The molecule has 184 valence electrons. The van der Waals surface area contributed by atoms with Crippen LogP contribution in [-0.2, 0) is 22.6 Å². The number of aromatic nitrogens is 2. The number of nitrogens with one attached hydrogen (secondary N) is 3. The van der Waals surface area contributed by atoms with Gasteiger partial charge in [0.2, 0.25) is 0 Å². The van der Waals surface area contributed by atoms with Crippen molar-refractivity contribution in [2.75, 3.05) is 0 Å². The number of nitrogens with zero attached hydrogens (tertiary/aromatic N) is 2. The number of alkyl carbamates (subject to hydrolysis) is 1. The number of imidazole rings is 1. The number of amides is 2. The van der Waals surface area contributed by atoms with Gasteiger partial charge in [-0.25, -0.2) is 15.2 Å². The van der Waals surface area contributed by atoms with Crippen LogP contribution < -0.4 is 10.7 Å². The Labute approximate surface area is 216 Å². The molecule has 0 radical (unpaired) electrons. The Hall–Kier alpha value is -4.08. The number of furan rings is 1. The van der Waals surface area contributed by atoms with Gasteiger partial charge >= 0.3 is 6.09 Å². The van der Waals surface area contributed by atoms with Gasteiger partial charge in [-0.1, -0.05) is 59.6 Å². The fourth-order valence-corrected chi connectivity index (χ4v) is 3.62. The average molecular weight is 526 g/mol. The van der Waals surface area contributed by atoms with E-state index >= 15 is 0 Å². The van der Waals surface area contributed by atoms with Crippen LogP contribution in [0.4, 0.5) is 4.79 Å². The Morgan fingerprint density at radius 2 is 1.94 bits per heavy atom. The van der Waals surface area contributed by atoms with Crippen molar-refractivity contribution in [3.05, 3.63) is 100 Å². The van der Waals surface area contributed by atoms with Crippen molar-refractivity contribution in [3.8, 4) is 11.3 Å². The summed E-state index contributed by atoms with van der Waals surface area (Å²) in [6.45, 7) is 0.0701. The van der Waals surface area contributed by atoms with Gasteiger partial charge in [0, 0.05) is 23.9 Å². The zero-order chi connectivity index (χ0) is 25.3. The molecule has 0 aliphatic heterocycles. The SMILES string of the molecule is O=C(N[C@@H](Cc1cnc[nH]1)C(=O)N/N=C\c1ccc(-c2cccc(Cl)c2Cl)o1)OCc1ccccc1. The first kappa shape index (κ1) is 25.0. The third-order valence-electron chi connectivity index (χ3n) is 5.01. The monoisotopic (exact) mass is 525 g/mol. The highest BCUT2D eigenvalue weighted by molar-refractivity contribution is 6.43. The third kappa shape index (κ3) is 6.74. The van der Waals surface area contributed by atoms with Crippen LogP contribution in [-0.4, -0.2) is 34.2 Å². The molecule has 0 saturated heterocycles. The molecule has 0 bridgehead atoms. The van der Waals surface area contributed by atoms with Crippen LogP contribution in [0.1, 0.15) is 17.0 Å². The molecule has 2 aromatic heterocycles. The highest BCUT2D eigenvalue weighted by atomic mass is 35.5. The lowest BCUT2D eigenvalue weighted by atomic mass is 10.1. The van der Waals surface area contributed by atoms with Crippen molar-refractivity contribution in [2.45, 2.75) is 19.1 Å². The van der Waals surface area contributed by atoms with E-state index in [4.69, 9.17) is 32.4 Å². The molecule has 2 aromatic carbocycles. The Morgan fingerprint density at radius 3 is 2.72 bits per heavy atom. The van der Waals surface area contributed by atoms with E-state index in [0.717, 1.165) is 5.56 Å². The Bertz CT molecular complexity index is 1340. The van der Waals surface area contributed by atoms with Crippen LogP contribution in [0.15, 0.2) is 82.7 Å². The zero-order valence-corrected chi connectivity index (χ0v) is 20.3. The number of rotatable bonds is 9. The maximum absolute atomic E-state index is 12.8. The number of carbonyl (C=O) groups excluding carboxylic acids is 2. The molecule has 3 N–H and O–H groups in total. The number of hydrazone groups is 1. The largest absolute Gasteiger partial charge is 0.455 e. The molecule has 2 amide bonds. The topological polar surface area (TPSA) is 122 Å². The number of aromatic amines is 1. The van der Waals surface area contributed by atoms with Crippen molar-refractivity contribution in [2.24, 2.45) is 5.10 Å². The molecule has 0 unspecified atom stereocenters. The summed E-state index contributed by atoms with van der Waals surface area (Å²) in [4.78, 5) is 32.0. The quantitative estimate of drug-likeness (QED) is 0.210. The van der Waals surface area contributed by atoms with Crippen molar-refractivity contribution in [3.63, 3.8) is 0 Å². The summed E-state index contributed by atoms with van der Waals surface area (Å²) in [7, 11) is 0. The predicted octanol–water partition coefficient (Wildman–Crippen LogP) is 4.96. The van der Waals surface area contributed by atoms with Gasteiger partial charge in [-0.05, 0) is 29.8 Å². The summed E-state index contributed by atoms with van der Waals surface area (Å²) < 4.78 is 11.0. The summed E-state index contributed by atoms with van der Waals surface area (Å²) in [5, 5.41) is 7.29. The molecule has 11 heteroatoms. The van der Waals surface area contributed by atoms with Crippen molar-refractivity contribution in [1.82, 2.24) is 20.7 Å². The lowest BCUT2D eigenvalue weighted by Crippen LogP contribution is -2.47. The second-order valence-corrected chi connectivity index (χ2v) is 8.36. The minimum atomic E-state index is -0.969. The summed E-state index contributed by atoms with van der Waals surface area (Å²) in [5.41, 5.74) is 4.51. The average Bonchev–Trinajstić information content (AvgIpc) is 3.57. The van der Waals surface area contributed by atoms with Gasteiger partial charge < -0.3 is 19.5 Å². The molecule has 9 nitrogen and oxygen atoms in total. The van der Waals surface area contributed by atoms with E-state index in [1.807, 2.05) is 30.3 Å². The molecule has 0 aliphatic carbocycles. The predicted molar refractivity (Wildman–Crippen MR) is 136 cm³/mol. The Balaban J connectivity index is 1.37. The maximum atomic E-state index is 12.8. The molecular formula is C25H21Cl2N5O4. The zero-order valence-electron chi connectivity index (χ0n) is 18.8. The van der Waals surface area contributed by atoms with E-state index < -0.39 is 18.0 Å². The van der Waals surface area contributed by atoms with Crippen molar-refractivity contribution < 1.29 is 18.7 Å². The van der Waals surface area contributed by atoms with Gasteiger partial charge in [0.25, 0.3) is 5.91 Å². The number of hydrogen-bond acceptors (Lipinski definition) is 6. The van der Waals surface area contributed by atoms with Gasteiger partial charge in [-0.3, -0.25) is 4.79 Å². The summed E-state index contributed by atoms with van der Waals surface area (Å²) in [6.07, 6.45) is 3.79. The molecular weight excluding hydrogens is 505 g/mol. The number of halogens is 2. The second kappa shape index (κ2) is 12.1. The normalized spacial score (nSPS) is 11.8. The standard InChI is InChI=1S/C25H21Cl2N5O4/c26-20-8-4-7-19(23(20)27)22-10-9-18(36-22)13-30-32-24(33)21(11-17-12-28-15-29-17)31-25(34)35-14-16-5-2-1-3-6-16/h1-10,12-13,15,21H,11,14H2,(H,28,29)(H,31,34)(H,32,33)/b30-13-/t21-/m0/s1. The molecule has 1 atom stereocenters. The highest BCUT2D eigenvalue weighted by Gasteiger charge is 2.22. The van der Waals surface area contributed by atoms with Gasteiger partial charge in [0.15, 0.2) is 0 Å². The molecule has 2 heterocycles. The van der Waals surface area contributed by atoms with Crippen LogP contribution >= 0.6 is 23.2 Å². The van der Waals surface area contributed by atoms with Crippen LogP contribution in [0.2, 0.25) is 10.0 Å². The van der Waals surface area contributed by atoms with Crippen molar-refractivity contribution in [1.29, 1.82) is 0 Å². The van der Waals surface area contributed by atoms with Gasteiger partial charge in [-0.2, -0.15) is 5.10 Å². The van der Waals surface area contributed by atoms with E-state index in [1.54, 1.807) is 36.5 Å². The Kier molecular flexibility index (Phi) is 8.38. The van der Waals surface area contributed by atoms with Crippen LogP contribution in [0.3, 0.4) is 0 Å². The van der Waals surface area contributed by atoms with E-state index in [9.17, 15) is 9.59 Å². The first-order valence-electron chi connectivity index (χ1n) is 10.8. The van der Waals surface area contributed by atoms with E-state index in [1.165, 1.54) is 12.5 Å². The fourth-order valence-electron chi connectivity index (χ4n) is 3.23. The van der Waals surface area contributed by atoms with Crippen LogP contribution in [0.25, 0.3) is 11.3 Å². The van der Waals surface area contributed by atoms with Crippen LogP contribution in [0, 0.1) is 0 Å². The number of ether oxygens (including phenoxy) is 1. The first-order chi connectivity index (χ1) is 17.5. The molecule has 0 spiro atoms. The number of H-pyrrole nitrogens is 1. The second-order valence-electron chi connectivity index (χ2n) is 7.58. The van der Waals surface area contributed by atoms with E-state index in [0.29, 0.717) is 32.8 Å². The molecule has 0 aliphatic rings. The number of hydrogen-bond donors (Lipinski definition) is 3. The molecule has 0 fully saturated rings. The van der Waals surface area contributed by atoms with E-state index in [-0.39, 0.29) is 13.0 Å². The highest BCUT2D eigenvalue weighted by Crippen LogP contribution is 2.34. The van der Waals surface area contributed by atoms with Gasteiger partial charge in [0.05, 0.1) is 22.6 Å². The van der Waals surface area contributed by atoms with Crippen LogP contribution in [0.5, 0.6) is 0 Å². The lowest BCUT2D eigenvalue weighted by Gasteiger charge is -2.16. The number of carbonyl (C=O) groups is 2. The molecule has 4 aromatic rings. The van der Waals surface area contributed by atoms with Gasteiger partial charge in [0.1, 0.15) is 24.2 Å². The summed E-state index contributed by atoms with van der Waals surface area (Å²) in [6, 6.07) is 16.8. The molecule has 0 saturated carbocycles. The minimum Gasteiger partial charge on any atom is -0.455 e. The maximum Gasteiger partial charge on any atom is 0.408 e.